The summed E-state index contributed by atoms with van der Waals surface area (Å²) in [6.45, 7) is 2.12. The molecule has 0 aromatic carbocycles. The third-order valence-electron chi connectivity index (χ3n) is 2.82. The van der Waals surface area contributed by atoms with Crippen molar-refractivity contribution in [1.82, 2.24) is 0 Å². The second-order valence-electron chi connectivity index (χ2n) is 4.71. The average Bonchev–Trinajstić information content (AvgIpc) is 2.43. The maximum atomic E-state index is 10.2. The molecule has 0 fully saturated rings. The van der Waals surface area contributed by atoms with Gasteiger partial charge in [0.25, 0.3) is 0 Å². The Labute approximate surface area is 152 Å². The van der Waals surface area contributed by atoms with Crippen LogP contribution < -0.4 is 34.7 Å². The van der Waals surface area contributed by atoms with Crippen molar-refractivity contribution in [2.45, 2.75) is 58.3 Å². The van der Waals surface area contributed by atoms with Gasteiger partial charge in [-0.3, -0.25) is 0 Å². The van der Waals surface area contributed by atoms with Crippen LogP contribution in [0.25, 0.3) is 0 Å². The molecule has 0 aliphatic rings. The molecule has 0 aliphatic heterocycles. The van der Waals surface area contributed by atoms with Gasteiger partial charge in [-0.1, -0.05) is 74.8 Å². The van der Waals surface area contributed by atoms with E-state index in [1.807, 2.05) is 24.3 Å². The summed E-state index contributed by atoms with van der Waals surface area (Å²) >= 11 is 0. The maximum Gasteiger partial charge on any atom is 1.00 e. The summed E-state index contributed by atoms with van der Waals surface area (Å²) in [4.78, 5) is 10.2. The zero-order chi connectivity index (χ0) is 14.9. The fourth-order valence-corrected chi connectivity index (χ4v) is 1.71. The Balaban J connectivity index is 0. The van der Waals surface area contributed by atoms with Crippen LogP contribution in [0.1, 0.15) is 58.3 Å². The van der Waals surface area contributed by atoms with Gasteiger partial charge in [0.1, 0.15) is 0 Å². The van der Waals surface area contributed by atoms with Crippen molar-refractivity contribution in [3.8, 4) is 0 Å². The summed E-state index contributed by atoms with van der Waals surface area (Å²) in [6, 6.07) is 0. The first-order valence-corrected chi connectivity index (χ1v) is 7.62. The molecule has 0 amide bonds. The Morgan fingerprint density at radius 2 is 1.33 bits per heavy atom. The quantitative estimate of drug-likeness (QED) is 0.308. The minimum Gasteiger partial charge on any atom is -0.550 e. The van der Waals surface area contributed by atoms with Crippen LogP contribution in [0.4, 0.5) is 0 Å². The fourth-order valence-electron chi connectivity index (χ4n) is 1.71. The summed E-state index contributed by atoms with van der Waals surface area (Å²) in [5.41, 5.74) is 0. The number of allylic oxidation sites excluding steroid dienone is 8. The van der Waals surface area contributed by atoms with Gasteiger partial charge in [-0.25, -0.2) is 0 Å². The number of unbranched alkanes of at least 4 members (excludes halogenated alkanes) is 5. The Kier molecular flexibility index (Phi) is 21.0. The molecule has 0 spiro atoms. The zero-order valence-corrected chi connectivity index (χ0v) is 15.6. The van der Waals surface area contributed by atoms with Gasteiger partial charge in [-0.2, -0.15) is 0 Å². The number of aliphatic carboxylic acids is 1. The van der Waals surface area contributed by atoms with Crippen molar-refractivity contribution in [3.63, 3.8) is 0 Å². The number of rotatable bonds is 12. The topological polar surface area (TPSA) is 40.1 Å². The van der Waals surface area contributed by atoms with E-state index in [4.69, 9.17) is 0 Å². The molecule has 0 saturated heterocycles. The van der Waals surface area contributed by atoms with Crippen LogP contribution in [0.3, 0.4) is 0 Å². The summed E-state index contributed by atoms with van der Waals surface area (Å²) in [6.07, 6.45) is 24.1. The monoisotopic (exact) mass is 298 g/mol. The molecule has 0 aromatic heterocycles. The Bertz CT molecular complexity index is 341. The van der Waals surface area contributed by atoms with E-state index in [2.05, 4.69) is 31.2 Å². The van der Waals surface area contributed by atoms with Crippen LogP contribution in [-0.2, 0) is 4.79 Å². The number of carboxylic acid groups (broad SMARTS) is 1. The normalized spacial score (nSPS) is 11.9. The van der Waals surface area contributed by atoms with Crippen LogP contribution in [0, 0.1) is 0 Å². The maximum absolute atomic E-state index is 10.2. The summed E-state index contributed by atoms with van der Waals surface area (Å²) in [5.74, 6) is -0.932. The van der Waals surface area contributed by atoms with Gasteiger partial charge >= 0.3 is 29.6 Å². The molecule has 21 heavy (non-hydrogen) atoms. The molecule has 0 bridgehead atoms. The van der Waals surface area contributed by atoms with E-state index in [-0.39, 0.29) is 36.0 Å². The molecule has 0 saturated carbocycles. The molecule has 3 heteroatoms. The van der Waals surface area contributed by atoms with Gasteiger partial charge in [0.15, 0.2) is 0 Å². The van der Waals surface area contributed by atoms with E-state index in [0.29, 0.717) is 0 Å². The van der Waals surface area contributed by atoms with E-state index in [1.54, 1.807) is 0 Å². The molecular formula is C18H27NaO2. The van der Waals surface area contributed by atoms with Crippen LogP contribution >= 0.6 is 0 Å². The van der Waals surface area contributed by atoms with Crippen molar-refractivity contribution >= 4 is 5.97 Å². The Morgan fingerprint density at radius 1 is 0.810 bits per heavy atom. The number of carboxylic acids is 1. The van der Waals surface area contributed by atoms with E-state index < -0.39 is 5.97 Å². The van der Waals surface area contributed by atoms with E-state index in [0.717, 1.165) is 32.1 Å². The van der Waals surface area contributed by atoms with E-state index in [1.165, 1.54) is 12.8 Å². The van der Waals surface area contributed by atoms with Crippen molar-refractivity contribution in [3.05, 3.63) is 48.6 Å². The second-order valence-corrected chi connectivity index (χ2v) is 4.71. The van der Waals surface area contributed by atoms with Gasteiger partial charge in [-0.15, -0.1) is 0 Å². The smallest absolute Gasteiger partial charge is 0.550 e. The van der Waals surface area contributed by atoms with E-state index >= 15 is 0 Å². The molecule has 0 N–H and O–H groups in total. The van der Waals surface area contributed by atoms with Crippen LogP contribution in [0.2, 0.25) is 0 Å². The third kappa shape index (κ3) is 21.9. The molecule has 0 atom stereocenters. The molecule has 0 radical (unpaired) electrons. The fraction of sp³-hybridized carbons (Fsp3) is 0.500. The van der Waals surface area contributed by atoms with Crippen molar-refractivity contribution in [1.29, 1.82) is 0 Å². The first-order chi connectivity index (χ1) is 9.77. The van der Waals surface area contributed by atoms with Gasteiger partial charge in [-0.05, 0) is 32.1 Å². The Hall–Kier alpha value is -0.570. The Morgan fingerprint density at radius 3 is 1.95 bits per heavy atom. The second kappa shape index (κ2) is 19.4. The molecule has 112 valence electrons. The minimum atomic E-state index is -0.932. The minimum absolute atomic E-state index is 0. The van der Waals surface area contributed by atoms with Gasteiger partial charge in [0.05, 0.1) is 0 Å². The van der Waals surface area contributed by atoms with Crippen molar-refractivity contribution in [2.24, 2.45) is 0 Å². The third-order valence-corrected chi connectivity index (χ3v) is 2.82. The zero-order valence-electron chi connectivity index (χ0n) is 13.6. The van der Waals surface area contributed by atoms with Crippen molar-refractivity contribution < 1.29 is 39.5 Å². The first kappa shape index (κ1) is 22.7. The largest absolute Gasteiger partial charge is 1.00 e. The first-order valence-electron chi connectivity index (χ1n) is 7.62. The van der Waals surface area contributed by atoms with Crippen LogP contribution in [0.15, 0.2) is 48.6 Å². The molecular weight excluding hydrogens is 271 g/mol. The number of hydrogen-bond donors (Lipinski definition) is 0. The SMILES string of the molecule is CCC=CC=CC=CC=CCCCCCCCC(=O)[O-].[Na+]. The molecule has 0 heterocycles. The predicted molar refractivity (Wildman–Crippen MR) is 84.2 cm³/mol. The number of carbonyl (C=O) groups excluding carboxylic acids is 1. The van der Waals surface area contributed by atoms with Gasteiger partial charge in [0, 0.05) is 5.97 Å². The van der Waals surface area contributed by atoms with Gasteiger partial charge in [0.2, 0.25) is 0 Å². The summed E-state index contributed by atoms with van der Waals surface area (Å²) in [5, 5.41) is 10.2. The molecule has 0 rings (SSSR count). The molecule has 0 aliphatic carbocycles. The van der Waals surface area contributed by atoms with Crippen LogP contribution in [0.5, 0.6) is 0 Å². The standard InChI is InChI=1S/C18H28O2.Na/c1-2-3-4-5-6-7-8-9-10-11-12-13-14-15-16-17-18(19)20;/h3-10H,2,11-17H2,1H3,(H,19,20);/q;+1/p-1. The summed E-state index contributed by atoms with van der Waals surface area (Å²) in [7, 11) is 0. The average molecular weight is 298 g/mol. The predicted octanol–water partition coefficient (Wildman–Crippen LogP) is 1.11. The summed E-state index contributed by atoms with van der Waals surface area (Å²) < 4.78 is 0. The molecule has 2 nitrogen and oxygen atoms in total. The van der Waals surface area contributed by atoms with E-state index in [9.17, 15) is 9.90 Å². The molecule has 0 unspecified atom stereocenters. The molecule has 0 aromatic rings. The number of hydrogen-bond acceptors (Lipinski definition) is 2. The number of carbonyl (C=O) groups is 1. The van der Waals surface area contributed by atoms with Crippen molar-refractivity contribution in [2.75, 3.05) is 0 Å². The van der Waals surface area contributed by atoms with Crippen LogP contribution in [-0.4, -0.2) is 5.97 Å². The van der Waals surface area contributed by atoms with Gasteiger partial charge < -0.3 is 9.90 Å².